The molecule has 0 aliphatic carbocycles. The summed E-state index contributed by atoms with van der Waals surface area (Å²) in [6, 6.07) is 9.96. The van der Waals surface area contributed by atoms with Crippen LogP contribution in [-0.4, -0.2) is 36.8 Å². The highest BCUT2D eigenvalue weighted by atomic mass is 16.7. The third-order valence-electron chi connectivity index (χ3n) is 3.82. The first-order valence-corrected chi connectivity index (χ1v) is 8.49. The molecular formula is C20H17NO7. The summed E-state index contributed by atoms with van der Waals surface area (Å²) in [5, 5.41) is 3.61. The Balaban J connectivity index is 1.67. The van der Waals surface area contributed by atoms with Gasteiger partial charge in [0.05, 0.1) is 23.5 Å². The van der Waals surface area contributed by atoms with Crippen LogP contribution in [0.1, 0.15) is 30.0 Å². The second-order valence-corrected chi connectivity index (χ2v) is 5.77. The lowest BCUT2D eigenvalue weighted by molar-refractivity contribution is -0.146. The fourth-order valence-electron chi connectivity index (χ4n) is 2.43. The van der Waals surface area contributed by atoms with Crippen molar-refractivity contribution in [3.8, 4) is 11.3 Å². The topological polar surface area (TPSA) is 104 Å². The van der Waals surface area contributed by atoms with Crippen molar-refractivity contribution in [3.05, 3.63) is 53.3 Å². The molecule has 0 amide bonds. The quantitative estimate of drug-likeness (QED) is 0.429. The first kappa shape index (κ1) is 19.1. The van der Waals surface area contributed by atoms with Crippen molar-refractivity contribution in [3.63, 3.8) is 0 Å². The number of hydrogen-bond donors (Lipinski definition) is 0. The van der Waals surface area contributed by atoms with Gasteiger partial charge in [-0.3, -0.25) is 0 Å². The van der Waals surface area contributed by atoms with Gasteiger partial charge in [-0.1, -0.05) is 17.3 Å². The highest BCUT2D eigenvalue weighted by molar-refractivity contribution is 6.24. The molecule has 8 nitrogen and oxygen atoms in total. The summed E-state index contributed by atoms with van der Waals surface area (Å²) in [4.78, 5) is 39.3. The lowest BCUT2D eigenvalue weighted by Crippen LogP contribution is -2.16. The molecule has 1 aromatic heterocycles. The van der Waals surface area contributed by atoms with Crippen molar-refractivity contribution in [1.29, 1.82) is 0 Å². The zero-order chi connectivity index (χ0) is 20.1. The fourth-order valence-corrected chi connectivity index (χ4v) is 2.43. The van der Waals surface area contributed by atoms with Gasteiger partial charge in [0, 0.05) is 5.56 Å². The number of carbonyl (C=O) groups excluding carboxylic acids is 3. The van der Waals surface area contributed by atoms with Gasteiger partial charge >= 0.3 is 17.9 Å². The maximum Gasteiger partial charge on any atom is 0.367 e. The summed E-state index contributed by atoms with van der Waals surface area (Å²) in [6.45, 7) is 3.12. The molecule has 144 valence electrons. The van der Waals surface area contributed by atoms with E-state index in [1.54, 1.807) is 56.3 Å². The van der Waals surface area contributed by atoms with Crippen LogP contribution in [0, 0.1) is 0 Å². The van der Waals surface area contributed by atoms with Gasteiger partial charge in [-0.05, 0) is 44.2 Å². The van der Waals surface area contributed by atoms with Crippen molar-refractivity contribution < 1.29 is 33.1 Å². The molecule has 0 saturated carbocycles. The Kier molecular flexibility index (Phi) is 5.69. The van der Waals surface area contributed by atoms with Gasteiger partial charge < -0.3 is 18.7 Å². The third kappa shape index (κ3) is 4.35. The average Bonchev–Trinajstić information content (AvgIpc) is 3.29. The second kappa shape index (κ2) is 8.34. The monoisotopic (exact) mass is 383 g/mol. The zero-order valence-electron chi connectivity index (χ0n) is 15.3. The van der Waals surface area contributed by atoms with E-state index in [2.05, 4.69) is 9.99 Å². The summed E-state index contributed by atoms with van der Waals surface area (Å²) in [5.41, 5.74) is 1.84. The predicted molar refractivity (Wildman–Crippen MR) is 98.2 cm³/mol. The number of hydrogen-bond acceptors (Lipinski definition) is 8. The summed E-state index contributed by atoms with van der Waals surface area (Å²) in [7, 11) is 0. The van der Waals surface area contributed by atoms with E-state index in [9.17, 15) is 14.4 Å². The standard InChI is InChI=1S/C20H17NO7/c1-3-25-18(22)11-26-19(23)14-6-4-13(5-7-14)17-9-8-15(27-17)10-16-12(2)21-28-20(16)24/h4-10H,3,11H2,1-2H3/b16-10-. The van der Waals surface area contributed by atoms with Crippen molar-refractivity contribution >= 4 is 29.7 Å². The average molecular weight is 383 g/mol. The number of nitrogens with zero attached hydrogens (tertiary/aromatic N) is 1. The van der Waals surface area contributed by atoms with Crippen LogP contribution in [0.5, 0.6) is 0 Å². The molecule has 0 saturated heterocycles. The highest BCUT2D eigenvalue weighted by Crippen LogP contribution is 2.25. The van der Waals surface area contributed by atoms with Crippen LogP contribution in [0.3, 0.4) is 0 Å². The van der Waals surface area contributed by atoms with Crippen LogP contribution in [0.4, 0.5) is 0 Å². The first-order valence-electron chi connectivity index (χ1n) is 8.49. The van der Waals surface area contributed by atoms with Crippen molar-refractivity contribution in [2.24, 2.45) is 5.16 Å². The van der Waals surface area contributed by atoms with Crippen LogP contribution in [0.25, 0.3) is 17.4 Å². The Morgan fingerprint density at radius 2 is 1.86 bits per heavy atom. The maximum atomic E-state index is 11.9. The Morgan fingerprint density at radius 1 is 1.11 bits per heavy atom. The molecular weight excluding hydrogens is 366 g/mol. The van der Waals surface area contributed by atoms with E-state index < -0.39 is 24.5 Å². The molecule has 0 bridgehead atoms. The van der Waals surface area contributed by atoms with E-state index >= 15 is 0 Å². The van der Waals surface area contributed by atoms with Gasteiger partial charge in [-0.2, -0.15) is 0 Å². The second-order valence-electron chi connectivity index (χ2n) is 5.77. The molecule has 0 N–H and O–H groups in total. The van der Waals surface area contributed by atoms with Gasteiger partial charge in [0.2, 0.25) is 0 Å². The van der Waals surface area contributed by atoms with E-state index in [1.807, 2.05) is 0 Å². The smallest absolute Gasteiger partial charge is 0.367 e. The van der Waals surface area contributed by atoms with Gasteiger partial charge in [0.15, 0.2) is 6.61 Å². The molecule has 0 spiro atoms. The lowest BCUT2D eigenvalue weighted by atomic mass is 10.1. The van der Waals surface area contributed by atoms with E-state index in [1.165, 1.54) is 0 Å². The molecule has 1 aliphatic rings. The minimum absolute atomic E-state index is 0.223. The molecule has 0 atom stereocenters. The number of oxime groups is 1. The molecule has 1 aliphatic heterocycles. The van der Waals surface area contributed by atoms with E-state index in [0.717, 1.165) is 5.56 Å². The number of benzene rings is 1. The highest BCUT2D eigenvalue weighted by Gasteiger charge is 2.22. The molecule has 8 heteroatoms. The van der Waals surface area contributed by atoms with Crippen LogP contribution in [0.15, 0.2) is 51.5 Å². The number of ether oxygens (including phenoxy) is 2. The summed E-state index contributed by atoms with van der Waals surface area (Å²) >= 11 is 0. The molecule has 2 aromatic rings. The van der Waals surface area contributed by atoms with Gasteiger partial charge in [0.25, 0.3) is 0 Å². The summed E-state index contributed by atoms with van der Waals surface area (Å²) in [6.07, 6.45) is 1.55. The molecule has 0 unspecified atom stereocenters. The van der Waals surface area contributed by atoms with E-state index in [0.29, 0.717) is 28.4 Å². The van der Waals surface area contributed by atoms with Gasteiger partial charge in [-0.15, -0.1) is 0 Å². The Hall–Kier alpha value is -3.68. The first-order chi connectivity index (χ1) is 13.5. The van der Waals surface area contributed by atoms with Crippen LogP contribution in [0.2, 0.25) is 0 Å². The maximum absolute atomic E-state index is 11.9. The molecule has 0 radical (unpaired) electrons. The predicted octanol–water partition coefficient (Wildman–Crippen LogP) is 2.98. The van der Waals surface area contributed by atoms with Crippen molar-refractivity contribution in [2.75, 3.05) is 13.2 Å². The van der Waals surface area contributed by atoms with E-state index in [4.69, 9.17) is 13.9 Å². The molecule has 1 aromatic carbocycles. The normalized spacial score (nSPS) is 14.6. The van der Waals surface area contributed by atoms with E-state index in [-0.39, 0.29) is 6.61 Å². The molecule has 28 heavy (non-hydrogen) atoms. The number of carbonyl (C=O) groups is 3. The minimum Gasteiger partial charge on any atom is -0.463 e. The lowest BCUT2D eigenvalue weighted by Gasteiger charge is -2.05. The van der Waals surface area contributed by atoms with Gasteiger partial charge in [0.1, 0.15) is 11.5 Å². The Bertz CT molecular complexity index is 967. The van der Waals surface area contributed by atoms with Gasteiger partial charge in [-0.25, -0.2) is 14.4 Å². The summed E-state index contributed by atoms with van der Waals surface area (Å²) < 4.78 is 15.3. The Morgan fingerprint density at radius 3 is 2.50 bits per heavy atom. The van der Waals surface area contributed by atoms with Crippen LogP contribution >= 0.6 is 0 Å². The van der Waals surface area contributed by atoms with Crippen molar-refractivity contribution in [2.45, 2.75) is 13.8 Å². The fraction of sp³-hybridized carbons (Fsp3) is 0.200. The van der Waals surface area contributed by atoms with Crippen molar-refractivity contribution in [1.82, 2.24) is 0 Å². The van der Waals surface area contributed by atoms with Crippen LogP contribution < -0.4 is 0 Å². The summed E-state index contributed by atoms with van der Waals surface area (Å²) in [5.74, 6) is -0.730. The molecule has 0 fully saturated rings. The van der Waals surface area contributed by atoms with Crippen LogP contribution in [-0.2, 0) is 23.9 Å². The molecule has 3 rings (SSSR count). The SMILES string of the molecule is CCOC(=O)COC(=O)c1ccc(-c2ccc(/C=C3\C(=O)ON=C3C)o2)cc1. The third-order valence-corrected chi connectivity index (χ3v) is 3.82. The molecule has 2 heterocycles. The number of furan rings is 1. The minimum atomic E-state index is -0.626. The zero-order valence-corrected chi connectivity index (χ0v) is 15.3. The largest absolute Gasteiger partial charge is 0.463 e. The number of esters is 2. The number of rotatable bonds is 6. The Labute approximate surface area is 160 Å².